The average molecular weight is 511 g/mol. The summed E-state index contributed by atoms with van der Waals surface area (Å²) >= 11 is 0. The third kappa shape index (κ3) is 4.59. The van der Waals surface area contributed by atoms with E-state index in [1.807, 2.05) is 42.3 Å². The van der Waals surface area contributed by atoms with Gasteiger partial charge in [0.15, 0.2) is 5.65 Å². The molecule has 0 atom stereocenters. The van der Waals surface area contributed by atoms with Gasteiger partial charge in [0.1, 0.15) is 5.82 Å². The molecule has 1 saturated heterocycles. The predicted octanol–water partition coefficient (Wildman–Crippen LogP) is 4.09. The molecule has 0 aliphatic carbocycles. The first kappa shape index (κ1) is 24.4. The lowest BCUT2D eigenvalue weighted by Gasteiger charge is -2.38. The zero-order chi connectivity index (χ0) is 26.2. The second-order valence-electron chi connectivity index (χ2n) is 10.3. The molecule has 9 heteroatoms. The van der Waals surface area contributed by atoms with Gasteiger partial charge in [0.05, 0.1) is 28.6 Å². The van der Waals surface area contributed by atoms with Gasteiger partial charge in [-0.1, -0.05) is 0 Å². The van der Waals surface area contributed by atoms with Gasteiger partial charge in [0, 0.05) is 88.0 Å². The predicted molar refractivity (Wildman–Crippen MR) is 152 cm³/mol. The Balaban J connectivity index is 1.27. The maximum absolute atomic E-state index is 9.40. The summed E-state index contributed by atoms with van der Waals surface area (Å²) in [5, 5.41) is 12.9. The zero-order valence-electron chi connectivity index (χ0n) is 22.2. The molecule has 9 nitrogen and oxygen atoms in total. The number of aromatic nitrogens is 5. The van der Waals surface area contributed by atoms with Crippen LogP contribution in [-0.4, -0.2) is 72.8 Å². The van der Waals surface area contributed by atoms with Crippen molar-refractivity contribution in [3.8, 4) is 11.1 Å². The van der Waals surface area contributed by atoms with Gasteiger partial charge in [-0.05, 0) is 50.1 Å². The van der Waals surface area contributed by atoms with E-state index >= 15 is 0 Å². The number of imidazole rings is 1. The molecule has 2 N–H and O–H groups in total. The monoisotopic (exact) mass is 510 g/mol. The lowest BCUT2D eigenvalue weighted by Crippen LogP contribution is -2.48. The van der Waals surface area contributed by atoms with E-state index in [0.717, 1.165) is 76.7 Å². The van der Waals surface area contributed by atoms with Crippen LogP contribution in [0.15, 0.2) is 61.4 Å². The second kappa shape index (κ2) is 10.1. The molecule has 0 amide bonds. The third-order valence-electron chi connectivity index (χ3n) is 7.52. The molecule has 6 heterocycles. The van der Waals surface area contributed by atoms with Crippen LogP contribution in [0.2, 0.25) is 0 Å². The Morgan fingerprint density at radius 2 is 1.82 bits per heavy atom. The van der Waals surface area contributed by atoms with E-state index in [2.05, 4.69) is 62.9 Å². The molecule has 0 radical (unpaired) electrons. The van der Waals surface area contributed by atoms with Crippen LogP contribution in [0.3, 0.4) is 0 Å². The van der Waals surface area contributed by atoms with E-state index in [9.17, 15) is 5.11 Å². The minimum absolute atomic E-state index is 0.110. The van der Waals surface area contributed by atoms with Crippen molar-refractivity contribution in [1.82, 2.24) is 28.8 Å². The minimum atomic E-state index is 0.110. The molecule has 1 aliphatic heterocycles. The summed E-state index contributed by atoms with van der Waals surface area (Å²) in [5.74, 6) is 0.779. The summed E-state index contributed by atoms with van der Waals surface area (Å²) in [7, 11) is 2.01. The number of nitrogens with zero attached hydrogens (tertiary/aromatic N) is 7. The van der Waals surface area contributed by atoms with Crippen LogP contribution in [0.25, 0.3) is 27.8 Å². The van der Waals surface area contributed by atoms with Crippen LogP contribution in [0.4, 0.5) is 17.2 Å². The molecular formula is C29H34N8O. The van der Waals surface area contributed by atoms with Crippen molar-refractivity contribution in [3.05, 3.63) is 67.0 Å². The Morgan fingerprint density at radius 3 is 2.55 bits per heavy atom. The number of hydrogen-bond donors (Lipinski definition) is 2. The number of piperazine rings is 1. The molecule has 0 spiro atoms. The maximum Gasteiger partial charge on any atom is 0.160 e. The van der Waals surface area contributed by atoms with Gasteiger partial charge in [0.2, 0.25) is 0 Å². The number of fused-ring (bicyclic) bond motifs is 2. The normalized spacial score (nSPS) is 14.7. The molecule has 0 aromatic carbocycles. The molecule has 5 aromatic rings. The number of anilines is 3. The van der Waals surface area contributed by atoms with Crippen molar-refractivity contribution < 1.29 is 5.11 Å². The maximum atomic E-state index is 9.40. The molecule has 1 aliphatic rings. The van der Waals surface area contributed by atoms with E-state index in [-0.39, 0.29) is 6.61 Å². The Kier molecular flexibility index (Phi) is 6.47. The van der Waals surface area contributed by atoms with E-state index in [4.69, 9.17) is 9.97 Å². The second-order valence-corrected chi connectivity index (χ2v) is 10.3. The highest BCUT2D eigenvalue weighted by Crippen LogP contribution is 2.30. The van der Waals surface area contributed by atoms with Crippen LogP contribution in [-0.2, 0) is 13.5 Å². The van der Waals surface area contributed by atoms with Gasteiger partial charge in [-0.25, -0.2) is 9.97 Å². The Hall–Kier alpha value is -3.95. The van der Waals surface area contributed by atoms with Crippen molar-refractivity contribution in [2.24, 2.45) is 7.05 Å². The number of aliphatic hydroxyl groups is 1. The molecule has 0 saturated carbocycles. The molecule has 5 aromatic heterocycles. The van der Waals surface area contributed by atoms with Crippen LogP contribution in [0.5, 0.6) is 0 Å². The first-order valence-electron chi connectivity index (χ1n) is 13.2. The Labute approximate surface area is 222 Å². The fourth-order valence-corrected chi connectivity index (χ4v) is 5.36. The average Bonchev–Trinajstić information content (AvgIpc) is 3.54. The molecule has 1 fully saturated rings. The summed E-state index contributed by atoms with van der Waals surface area (Å²) in [6, 6.07) is 9.02. The van der Waals surface area contributed by atoms with E-state index in [1.54, 1.807) is 6.20 Å². The highest BCUT2D eigenvalue weighted by atomic mass is 16.3. The van der Waals surface area contributed by atoms with Crippen molar-refractivity contribution in [1.29, 1.82) is 0 Å². The highest BCUT2D eigenvalue weighted by Gasteiger charge is 2.19. The Morgan fingerprint density at radius 1 is 0.974 bits per heavy atom. The summed E-state index contributed by atoms with van der Waals surface area (Å²) in [4.78, 5) is 19.0. The third-order valence-corrected chi connectivity index (χ3v) is 7.52. The van der Waals surface area contributed by atoms with Crippen LogP contribution in [0.1, 0.15) is 19.4 Å². The fraction of sp³-hybridized carbons (Fsp3) is 0.345. The standard InChI is InChI=1S/C29H34N8O/c1-20(2)35-9-11-36(12-10-35)24-4-5-27(31-17-24)33-25-14-23(19-37-8-7-30-29(25)37)22-15-26-28(32-16-22)21(6-13-38)18-34(26)3/h4-5,7-8,14-20,38H,6,9-13H2,1-3H3,(H,31,33). The summed E-state index contributed by atoms with van der Waals surface area (Å²) in [5.41, 5.74) is 7.93. The lowest BCUT2D eigenvalue weighted by molar-refractivity contribution is 0.209. The number of nitrogens with one attached hydrogen (secondary N) is 1. The first-order chi connectivity index (χ1) is 18.5. The van der Waals surface area contributed by atoms with Crippen LogP contribution in [0, 0.1) is 0 Å². The minimum Gasteiger partial charge on any atom is -0.396 e. The van der Waals surface area contributed by atoms with E-state index in [0.29, 0.717) is 12.5 Å². The van der Waals surface area contributed by atoms with Crippen LogP contribution < -0.4 is 10.2 Å². The van der Waals surface area contributed by atoms with Gasteiger partial charge in [-0.2, -0.15) is 0 Å². The molecular weight excluding hydrogens is 476 g/mol. The van der Waals surface area contributed by atoms with Gasteiger partial charge in [-0.15, -0.1) is 0 Å². The van der Waals surface area contributed by atoms with Crippen molar-refractivity contribution in [2.45, 2.75) is 26.3 Å². The molecule has 0 bridgehead atoms. The van der Waals surface area contributed by atoms with Crippen LogP contribution >= 0.6 is 0 Å². The number of rotatable bonds is 7. The van der Waals surface area contributed by atoms with Crippen molar-refractivity contribution in [3.63, 3.8) is 0 Å². The topological polar surface area (TPSA) is 86.8 Å². The SMILES string of the molecule is CC(C)N1CCN(c2ccc(Nc3cc(-c4cnc5c(CCO)cn(C)c5c4)cn4ccnc34)nc2)CC1. The van der Waals surface area contributed by atoms with E-state index in [1.165, 1.54) is 0 Å². The van der Waals surface area contributed by atoms with Gasteiger partial charge < -0.3 is 24.3 Å². The van der Waals surface area contributed by atoms with Gasteiger partial charge >= 0.3 is 0 Å². The number of hydrogen-bond acceptors (Lipinski definition) is 7. The largest absolute Gasteiger partial charge is 0.396 e. The lowest BCUT2D eigenvalue weighted by atomic mass is 10.1. The molecule has 196 valence electrons. The Bertz CT molecular complexity index is 1560. The molecule has 38 heavy (non-hydrogen) atoms. The van der Waals surface area contributed by atoms with Crippen molar-refractivity contribution in [2.75, 3.05) is 43.0 Å². The van der Waals surface area contributed by atoms with Crippen molar-refractivity contribution >= 4 is 33.9 Å². The molecule has 0 unspecified atom stereocenters. The number of aryl methyl sites for hydroxylation is 1. The quantitative estimate of drug-likeness (QED) is 0.341. The smallest absolute Gasteiger partial charge is 0.160 e. The summed E-state index contributed by atoms with van der Waals surface area (Å²) in [6.07, 6.45) is 12.3. The number of aliphatic hydroxyl groups excluding tert-OH is 1. The summed E-state index contributed by atoms with van der Waals surface area (Å²) in [6.45, 7) is 8.82. The fourth-order valence-electron chi connectivity index (χ4n) is 5.36. The zero-order valence-corrected chi connectivity index (χ0v) is 22.2. The highest BCUT2D eigenvalue weighted by molar-refractivity contribution is 5.86. The number of pyridine rings is 3. The summed E-state index contributed by atoms with van der Waals surface area (Å²) < 4.78 is 4.09. The van der Waals surface area contributed by atoms with Gasteiger partial charge in [0.25, 0.3) is 0 Å². The first-order valence-corrected chi connectivity index (χ1v) is 13.2. The van der Waals surface area contributed by atoms with E-state index < -0.39 is 0 Å². The molecule has 6 rings (SSSR count). The van der Waals surface area contributed by atoms with Gasteiger partial charge in [-0.3, -0.25) is 9.88 Å².